The predicted octanol–water partition coefficient (Wildman–Crippen LogP) is 0.783. The summed E-state index contributed by atoms with van der Waals surface area (Å²) < 4.78 is 0. The maximum absolute atomic E-state index is 11.8. The molecule has 0 saturated heterocycles. The lowest BCUT2D eigenvalue weighted by Gasteiger charge is -2.40. The first-order valence-electron chi connectivity index (χ1n) is 6.22. The summed E-state index contributed by atoms with van der Waals surface area (Å²) in [5.41, 5.74) is 5.80. The first-order chi connectivity index (χ1) is 7.62. The van der Waals surface area contributed by atoms with Gasteiger partial charge in [0.15, 0.2) is 0 Å². The van der Waals surface area contributed by atoms with E-state index in [1.165, 1.54) is 6.42 Å². The molecule has 1 aliphatic rings. The third kappa shape index (κ3) is 3.76. The largest absolute Gasteiger partial charge is 0.396 e. The van der Waals surface area contributed by atoms with Gasteiger partial charge in [-0.3, -0.25) is 4.79 Å². The molecule has 1 amide bonds. The van der Waals surface area contributed by atoms with E-state index in [2.05, 4.69) is 5.32 Å². The van der Waals surface area contributed by atoms with Crippen LogP contribution in [0.4, 0.5) is 0 Å². The average molecular weight is 228 g/mol. The van der Waals surface area contributed by atoms with Gasteiger partial charge in [-0.1, -0.05) is 6.42 Å². The molecule has 16 heavy (non-hydrogen) atoms. The summed E-state index contributed by atoms with van der Waals surface area (Å²) in [5, 5.41) is 11.7. The molecule has 1 atom stereocenters. The molecule has 0 bridgehead atoms. The van der Waals surface area contributed by atoms with Gasteiger partial charge in [0.1, 0.15) is 0 Å². The van der Waals surface area contributed by atoms with Crippen LogP contribution in [0, 0.1) is 5.41 Å². The smallest absolute Gasteiger partial charge is 0.220 e. The molecule has 0 aliphatic heterocycles. The van der Waals surface area contributed by atoms with E-state index in [0.29, 0.717) is 13.0 Å². The highest BCUT2D eigenvalue weighted by atomic mass is 16.2. The van der Waals surface area contributed by atoms with Crippen molar-refractivity contribution in [2.45, 2.75) is 51.5 Å². The van der Waals surface area contributed by atoms with Crippen LogP contribution in [0.15, 0.2) is 0 Å². The van der Waals surface area contributed by atoms with E-state index in [4.69, 9.17) is 10.8 Å². The lowest BCUT2D eigenvalue weighted by molar-refractivity contribution is -0.125. The summed E-state index contributed by atoms with van der Waals surface area (Å²) in [6.45, 7) is 2.78. The van der Waals surface area contributed by atoms with Gasteiger partial charge in [-0.05, 0) is 44.6 Å². The summed E-state index contributed by atoms with van der Waals surface area (Å²) >= 11 is 0. The Bertz CT molecular complexity index is 222. The number of nitrogens with two attached hydrogens (primary N) is 1. The number of aliphatic hydroxyl groups is 1. The quantitative estimate of drug-likeness (QED) is 0.603. The van der Waals surface area contributed by atoms with Gasteiger partial charge in [0.2, 0.25) is 5.91 Å². The minimum atomic E-state index is 0.0841. The molecule has 94 valence electrons. The molecule has 0 radical (unpaired) electrons. The van der Waals surface area contributed by atoms with Crippen molar-refractivity contribution in [3.8, 4) is 0 Å². The van der Waals surface area contributed by atoms with E-state index in [0.717, 1.165) is 25.7 Å². The normalized spacial score (nSPS) is 19.9. The molecule has 1 saturated carbocycles. The molecular formula is C12H24N2O2. The Morgan fingerprint density at radius 2 is 2.25 bits per heavy atom. The maximum atomic E-state index is 11.8. The molecule has 1 rings (SSSR count). The van der Waals surface area contributed by atoms with Crippen LogP contribution in [-0.4, -0.2) is 30.2 Å². The van der Waals surface area contributed by atoms with Gasteiger partial charge in [-0.2, -0.15) is 0 Å². The minimum absolute atomic E-state index is 0.0841. The Morgan fingerprint density at radius 3 is 2.69 bits per heavy atom. The Hall–Kier alpha value is -0.610. The zero-order chi connectivity index (χ0) is 12.0. The number of hydrogen-bond acceptors (Lipinski definition) is 3. The number of nitrogens with one attached hydrogen (secondary N) is 1. The fourth-order valence-corrected chi connectivity index (χ4v) is 2.27. The van der Waals surface area contributed by atoms with Crippen LogP contribution in [-0.2, 0) is 4.79 Å². The van der Waals surface area contributed by atoms with Crippen molar-refractivity contribution in [2.75, 3.05) is 13.2 Å². The molecule has 0 heterocycles. The molecule has 1 aliphatic carbocycles. The zero-order valence-corrected chi connectivity index (χ0v) is 10.2. The molecule has 1 unspecified atom stereocenters. The third-order valence-corrected chi connectivity index (χ3v) is 3.59. The Morgan fingerprint density at radius 1 is 1.56 bits per heavy atom. The SMILES string of the molecule is CC(CCCO)NC(=O)CC1(CN)CCC1. The Kier molecular flexibility index (Phi) is 5.22. The number of carbonyl (C=O) groups is 1. The minimum Gasteiger partial charge on any atom is -0.396 e. The van der Waals surface area contributed by atoms with Crippen LogP contribution in [0.5, 0.6) is 0 Å². The molecule has 4 nitrogen and oxygen atoms in total. The zero-order valence-electron chi connectivity index (χ0n) is 10.2. The fraction of sp³-hybridized carbons (Fsp3) is 0.917. The van der Waals surface area contributed by atoms with E-state index < -0.39 is 0 Å². The van der Waals surface area contributed by atoms with E-state index in [1.807, 2.05) is 6.92 Å². The summed E-state index contributed by atoms with van der Waals surface area (Å²) in [7, 11) is 0. The highest BCUT2D eigenvalue weighted by Gasteiger charge is 2.37. The lowest BCUT2D eigenvalue weighted by atomic mass is 9.66. The number of rotatable bonds is 7. The van der Waals surface area contributed by atoms with Crippen LogP contribution in [0.25, 0.3) is 0 Å². The highest BCUT2D eigenvalue weighted by molar-refractivity contribution is 5.77. The van der Waals surface area contributed by atoms with Gasteiger partial charge in [-0.25, -0.2) is 0 Å². The van der Waals surface area contributed by atoms with Crippen LogP contribution in [0.1, 0.15) is 45.4 Å². The molecule has 0 aromatic rings. The van der Waals surface area contributed by atoms with Crippen molar-refractivity contribution in [3.63, 3.8) is 0 Å². The topological polar surface area (TPSA) is 75.3 Å². The average Bonchev–Trinajstić information content (AvgIpc) is 2.20. The molecule has 1 fully saturated rings. The van der Waals surface area contributed by atoms with Crippen molar-refractivity contribution in [2.24, 2.45) is 11.1 Å². The van der Waals surface area contributed by atoms with Crippen molar-refractivity contribution < 1.29 is 9.90 Å². The van der Waals surface area contributed by atoms with Crippen LogP contribution in [0.2, 0.25) is 0 Å². The van der Waals surface area contributed by atoms with Crippen molar-refractivity contribution in [1.82, 2.24) is 5.32 Å². The second kappa shape index (κ2) is 6.21. The number of aliphatic hydroxyl groups excluding tert-OH is 1. The van der Waals surface area contributed by atoms with Crippen LogP contribution >= 0.6 is 0 Å². The number of carbonyl (C=O) groups excluding carboxylic acids is 1. The molecule has 4 heteroatoms. The van der Waals surface area contributed by atoms with Gasteiger partial charge >= 0.3 is 0 Å². The molecule has 0 aromatic heterocycles. The van der Waals surface area contributed by atoms with Crippen molar-refractivity contribution >= 4 is 5.91 Å². The first kappa shape index (κ1) is 13.5. The van der Waals surface area contributed by atoms with Gasteiger partial charge in [-0.15, -0.1) is 0 Å². The first-order valence-corrected chi connectivity index (χ1v) is 6.22. The maximum Gasteiger partial charge on any atom is 0.220 e. The Balaban J connectivity index is 2.24. The van der Waals surface area contributed by atoms with E-state index >= 15 is 0 Å². The fourth-order valence-electron chi connectivity index (χ4n) is 2.27. The number of amides is 1. The highest BCUT2D eigenvalue weighted by Crippen LogP contribution is 2.42. The summed E-state index contributed by atoms with van der Waals surface area (Å²) in [6, 6.07) is 0.148. The summed E-state index contributed by atoms with van der Waals surface area (Å²) in [4.78, 5) is 11.8. The standard InChI is InChI=1S/C12H24N2O2/c1-10(4-2-7-15)14-11(16)8-12(9-13)5-3-6-12/h10,15H,2-9,13H2,1H3,(H,14,16). The second-order valence-electron chi connectivity index (χ2n) is 5.07. The molecule has 4 N–H and O–H groups in total. The van der Waals surface area contributed by atoms with Gasteiger partial charge in [0, 0.05) is 19.1 Å². The second-order valence-corrected chi connectivity index (χ2v) is 5.07. The van der Waals surface area contributed by atoms with Crippen molar-refractivity contribution in [1.29, 1.82) is 0 Å². The summed E-state index contributed by atoms with van der Waals surface area (Å²) in [5.74, 6) is 0.107. The molecular weight excluding hydrogens is 204 g/mol. The van der Waals surface area contributed by atoms with Gasteiger partial charge in [0.25, 0.3) is 0 Å². The third-order valence-electron chi connectivity index (χ3n) is 3.59. The van der Waals surface area contributed by atoms with E-state index in [-0.39, 0.29) is 24.0 Å². The van der Waals surface area contributed by atoms with E-state index in [9.17, 15) is 4.79 Å². The molecule has 0 spiro atoms. The van der Waals surface area contributed by atoms with Gasteiger partial charge in [0.05, 0.1) is 0 Å². The van der Waals surface area contributed by atoms with Crippen molar-refractivity contribution in [3.05, 3.63) is 0 Å². The molecule has 0 aromatic carbocycles. The predicted molar refractivity (Wildman–Crippen MR) is 63.9 cm³/mol. The van der Waals surface area contributed by atoms with Crippen LogP contribution < -0.4 is 11.1 Å². The number of hydrogen-bond donors (Lipinski definition) is 3. The van der Waals surface area contributed by atoms with Gasteiger partial charge < -0.3 is 16.2 Å². The monoisotopic (exact) mass is 228 g/mol. The summed E-state index contributed by atoms with van der Waals surface area (Å²) in [6.07, 6.45) is 5.50. The van der Waals surface area contributed by atoms with Crippen LogP contribution in [0.3, 0.4) is 0 Å². The Labute approximate surface area is 97.6 Å². The lowest BCUT2D eigenvalue weighted by Crippen LogP contribution is -2.43. The van der Waals surface area contributed by atoms with E-state index in [1.54, 1.807) is 0 Å².